The lowest BCUT2D eigenvalue weighted by atomic mass is 10.0. The van der Waals surface area contributed by atoms with Crippen LogP contribution in [0.15, 0.2) is 35.4 Å². The molecule has 0 spiro atoms. The second kappa shape index (κ2) is 6.97. The maximum absolute atomic E-state index is 13.7. The molecule has 6 nitrogen and oxygen atoms in total. The highest BCUT2D eigenvalue weighted by Crippen LogP contribution is 2.56. The van der Waals surface area contributed by atoms with E-state index in [2.05, 4.69) is 0 Å². The number of halogens is 3. The summed E-state index contributed by atoms with van der Waals surface area (Å²) in [7, 11) is -3.02. The van der Waals surface area contributed by atoms with Gasteiger partial charge in [-0.05, 0) is 30.7 Å². The van der Waals surface area contributed by atoms with Crippen LogP contribution >= 0.6 is 34.6 Å². The van der Waals surface area contributed by atoms with Gasteiger partial charge in [-0.3, -0.25) is 19.3 Å². The number of fused-ring (bicyclic) bond motifs is 1. The van der Waals surface area contributed by atoms with E-state index in [-0.39, 0.29) is 45.5 Å². The summed E-state index contributed by atoms with van der Waals surface area (Å²) in [6.07, 6.45) is 1.71. The zero-order valence-electron chi connectivity index (χ0n) is 12.8. The minimum absolute atomic E-state index is 0. The number of nitrogens with two attached hydrogens (primary N) is 1. The molecule has 1 aromatic heterocycles. The minimum atomic E-state index is -3.02. The van der Waals surface area contributed by atoms with Gasteiger partial charge >= 0.3 is 0 Å². The summed E-state index contributed by atoms with van der Waals surface area (Å²) >= 11 is 6.02. The third kappa shape index (κ3) is 3.54. The molecular weight excluding hydrogens is 392 g/mol. The minimum Gasteiger partial charge on any atom is -0.365 e. The number of carbonyl (C=O) groups excluding carboxylic acids is 1. The molecule has 0 radical (unpaired) electrons. The van der Waals surface area contributed by atoms with E-state index >= 15 is 0 Å². The van der Waals surface area contributed by atoms with Gasteiger partial charge in [0.2, 0.25) is 0 Å². The van der Waals surface area contributed by atoms with E-state index in [9.17, 15) is 18.3 Å². The van der Waals surface area contributed by atoms with Gasteiger partial charge in [0.25, 0.3) is 5.91 Å². The molecule has 0 bridgehead atoms. The Morgan fingerprint density at radius 3 is 2.72 bits per heavy atom. The Bertz CT molecular complexity index is 904. The van der Waals surface area contributed by atoms with Crippen molar-refractivity contribution < 1.29 is 18.3 Å². The fourth-order valence-corrected chi connectivity index (χ4v) is 4.77. The van der Waals surface area contributed by atoms with Crippen LogP contribution in [-0.4, -0.2) is 25.3 Å². The quantitative estimate of drug-likeness (QED) is 0.611. The van der Waals surface area contributed by atoms with Crippen molar-refractivity contribution in [3.63, 3.8) is 0 Å². The Morgan fingerprint density at radius 1 is 1.40 bits per heavy atom. The second-order valence-corrected chi connectivity index (χ2v) is 8.17. The molecule has 0 fully saturated rings. The van der Waals surface area contributed by atoms with Gasteiger partial charge in [-0.15, -0.1) is 12.4 Å². The van der Waals surface area contributed by atoms with Crippen molar-refractivity contribution in [1.29, 1.82) is 5.41 Å². The summed E-state index contributed by atoms with van der Waals surface area (Å²) in [6.45, 7) is 0. The molecule has 10 heteroatoms. The van der Waals surface area contributed by atoms with Gasteiger partial charge in [-0.1, -0.05) is 11.6 Å². The smallest absolute Gasteiger partial charge is 0.252 e. The number of benzene rings is 1. The molecule has 25 heavy (non-hydrogen) atoms. The van der Waals surface area contributed by atoms with Crippen LogP contribution in [0.2, 0.25) is 5.02 Å². The maximum Gasteiger partial charge on any atom is 0.252 e. The van der Waals surface area contributed by atoms with Gasteiger partial charge in [0.15, 0.2) is 0 Å². The van der Waals surface area contributed by atoms with E-state index < -0.39 is 28.4 Å². The first-order valence-corrected chi connectivity index (χ1v) is 9.11. The standard InChI is InChI=1S/C15H15ClFN3O3S.ClH/c16-8-5-11(15(19)21)14(18)20(7-8)12-3-4-24(22,23)13-2-1-9(17)6-10(12)13;/h1-2,5-7,12,18,22-23H,3-4H2,(H2,19,21);1H. The molecule has 2 heterocycles. The normalized spacial score (nSPS) is 19.4. The van der Waals surface area contributed by atoms with Crippen LogP contribution in [0.1, 0.15) is 28.4 Å². The van der Waals surface area contributed by atoms with Crippen molar-refractivity contribution in [3.8, 4) is 0 Å². The van der Waals surface area contributed by atoms with Crippen LogP contribution < -0.4 is 11.2 Å². The Morgan fingerprint density at radius 2 is 2.08 bits per heavy atom. The fourth-order valence-electron chi connectivity index (χ4n) is 2.92. The van der Waals surface area contributed by atoms with Crippen molar-refractivity contribution in [2.24, 2.45) is 5.73 Å². The Kier molecular flexibility index (Phi) is 5.50. The number of aromatic nitrogens is 1. The van der Waals surface area contributed by atoms with Crippen molar-refractivity contribution in [2.75, 3.05) is 5.75 Å². The van der Waals surface area contributed by atoms with E-state index in [0.29, 0.717) is 5.56 Å². The molecule has 2 aromatic rings. The van der Waals surface area contributed by atoms with Crippen LogP contribution in [0.25, 0.3) is 0 Å². The van der Waals surface area contributed by atoms with Crippen molar-refractivity contribution in [3.05, 3.63) is 57.9 Å². The lowest BCUT2D eigenvalue weighted by Gasteiger charge is -2.41. The van der Waals surface area contributed by atoms with E-state index in [1.807, 2.05) is 0 Å². The number of pyridine rings is 1. The van der Waals surface area contributed by atoms with Crippen molar-refractivity contribution in [1.82, 2.24) is 4.57 Å². The average Bonchev–Trinajstić information content (AvgIpc) is 2.49. The first-order valence-electron chi connectivity index (χ1n) is 7.02. The number of nitrogens with one attached hydrogen (secondary N) is 1. The van der Waals surface area contributed by atoms with E-state index in [0.717, 1.165) is 6.07 Å². The molecule has 0 saturated carbocycles. The predicted molar refractivity (Wildman–Crippen MR) is 96.2 cm³/mol. The highest BCUT2D eigenvalue weighted by atomic mass is 35.5. The predicted octanol–water partition coefficient (Wildman–Crippen LogP) is 3.38. The molecule has 1 aromatic carbocycles. The van der Waals surface area contributed by atoms with Gasteiger partial charge in [-0.2, -0.15) is 10.6 Å². The third-order valence-corrected chi connectivity index (χ3v) is 6.11. The molecule has 1 atom stereocenters. The van der Waals surface area contributed by atoms with Crippen LogP contribution in [0.4, 0.5) is 4.39 Å². The van der Waals surface area contributed by atoms with E-state index in [4.69, 9.17) is 22.7 Å². The number of hydrogen-bond donors (Lipinski definition) is 4. The van der Waals surface area contributed by atoms with Gasteiger partial charge in [0, 0.05) is 17.5 Å². The molecule has 1 aliphatic heterocycles. The first kappa shape index (κ1) is 19.7. The molecule has 0 saturated heterocycles. The Balaban J connectivity index is 0.00000225. The monoisotopic (exact) mass is 407 g/mol. The zero-order chi connectivity index (χ0) is 17.6. The summed E-state index contributed by atoms with van der Waals surface area (Å²) in [5.74, 6) is -1.25. The van der Waals surface area contributed by atoms with Crippen LogP contribution in [0.5, 0.6) is 0 Å². The molecular formula is C15H16Cl2FN3O3S. The Hall–Kier alpha value is -1.58. The summed E-state index contributed by atoms with van der Waals surface area (Å²) in [4.78, 5) is 11.7. The maximum atomic E-state index is 13.7. The Labute approximate surface area is 155 Å². The van der Waals surface area contributed by atoms with Gasteiger partial charge in [0.1, 0.15) is 11.3 Å². The molecule has 1 unspecified atom stereocenters. The highest BCUT2D eigenvalue weighted by molar-refractivity contribution is 8.24. The lowest BCUT2D eigenvalue weighted by Crippen LogP contribution is -2.34. The topological polar surface area (TPSA) is 112 Å². The molecule has 1 amide bonds. The summed E-state index contributed by atoms with van der Waals surface area (Å²) in [5, 5.41) is 8.40. The highest BCUT2D eigenvalue weighted by Gasteiger charge is 2.32. The van der Waals surface area contributed by atoms with Crippen LogP contribution in [-0.2, 0) is 0 Å². The number of nitrogens with zero attached hydrogens (tertiary/aromatic N) is 1. The van der Waals surface area contributed by atoms with E-state index in [1.165, 1.54) is 29.0 Å². The molecule has 0 aliphatic carbocycles. The second-order valence-electron chi connectivity index (χ2n) is 5.55. The number of rotatable bonds is 2. The van der Waals surface area contributed by atoms with Crippen LogP contribution in [0.3, 0.4) is 0 Å². The average molecular weight is 408 g/mol. The van der Waals surface area contributed by atoms with Crippen molar-refractivity contribution >= 4 is 40.5 Å². The zero-order valence-corrected chi connectivity index (χ0v) is 15.2. The lowest BCUT2D eigenvalue weighted by molar-refractivity contribution is 0.0997. The number of amides is 1. The summed E-state index contributed by atoms with van der Waals surface area (Å²) < 4.78 is 35.5. The SMILES string of the molecule is Cl.N=c1c(C(N)=O)cc(Cl)cn1C1CCS(O)(O)c2ccc(F)cc21. The number of primary amides is 1. The van der Waals surface area contributed by atoms with Gasteiger partial charge in [-0.25, -0.2) is 4.39 Å². The summed E-state index contributed by atoms with van der Waals surface area (Å²) in [5.41, 5.74) is 5.42. The first-order chi connectivity index (χ1) is 11.2. The molecule has 3 rings (SSSR count). The van der Waals surface area contributed by atoms with Crippen LogP contribution in [0, 0.1) is 11.2 Å². The van der Waals surface area contributed by atoms with E-state index in [1.54, 1.807) is 0 Å². The van der Waals surface area contributed by atoms with Crippen molar-refractivity contribution in [2.45, 2.75) is 17.4 Å². The van der Waals surface area contributed by atoms with Gasteiger partial charge in [0.05, 0.1) is 21.5 Å². The third-order valence-electron chi connectivity index (χ3n) is 4.02. The molecule has 5 N–H and O–H groups in total. The fraction of sp³-hybridized carbons (Fsp3) is 0.200. The molecule has 136 valence electrons. The summed E-state index contributed by atoms with van der Waals surface area (Å²) in [6, 6.07) is 4.46. The number of carbonyl (C=O) groups is 1. The number of hydrogen-bond acceptors (Lipinski definition) is 4. The van der Waals surface area contributed by atoms with Gasteiger partial charge < -0.3 is 10.3 Å². The largest absolute Gasteiger partial charge is 0.365 e. The molecule has 1 aliphatic rings.